The predicted octanol–water partition coefficient (Wildman–Crippen LogP) is 3.31. The summed E-state index contributed by atoms with van der Waals surface area (Å²) in [4.78, 5) is 14.8. The van der Waals surface area contributed by atoms with Crippen molar-refractivity contribution in [3.8, 4) is 0 Å². The highest BCUT2D eigenvalue weighted by molar-refractivity contribution is 5.95. The molecule has 0 aliphatic carbocycles. The molecule has 5 nitrogen and oxygen atoms in total. The van der Waals surface area contributed by atoms with Gasteiger partial charge in [0, 0.05) is 30.4 Å². The second-order valence-corrected chi connectivity index (χ2v) is 7.03. The molecule has 2 atom stereocenters. The number of carbonyl (C=O) groups excluding carboxylic acids is 1. The Labute approximate surface area is 161 Å². The first-order chi connectivity index (χ1) is 13.1. The maximum absolute atomic E-state index is 12.5. The topological polar surface area (TPSA) is 70.4 Å². The quantitative estimate of drug-likeness (QED) is 0.703. The minimum Gasteiger partial charge on any atom is -0.378 e. The van der Waals surface area contributed by atoms with Crippen LogP contribution in [0, 0.1) is 0 Å². The van der Waals surface area contributed by atoms with E-state index in [9.17, 15) is 4.79 Å². The molecule has 1 aliphatic heterocycles. The van der Waals surface area contributed by atoms with Crippen molar-refractivity contribution in [2.75, 3.05) is 31.5 Å². The standard InChI is InChI=1S/C22H30N4O/c1-3-26(4-2)13-12-24-22(27)17-10-11-20-18(14-17)19(23)15-21(25-20)16-8-6-5-7-9-16/h5-11,14,19,21,25H,3-4,12-13,15,23H2,1-2H3,(H,24,27). The summed E-state index contributed by atoms with van der Waals surface area (Å²) in [6.07, 6.45) is 0.810. The fourth-order valence-electron chi connectivity index (χ4n) is 3.64. The zero-order valence-corrected chi connectivity index (χ0v) is 16.2. The van der Waals surface area contributed by atoms with Gasteiger partial charge in [0.1, 0.15) is 0 Å². The van der Waals surface area contributed by atoms with Crippen molar-refractivity contribution in [2.45, 2.75) is 32.4 Å². The molecule has 3 rings (SSSR count). The lowest BCUT2D eigenvalue weighted by atomic mass is 9.89. The predicted molar refractivity (Wildman–Crippen MR) is 111 cm³/mol. The molecule has 0 spiro atoms. The molecule has 0 radical (unpaired) electrons. The normalized spacial score (nSPS) is 18.7. The van der Waals surface area contributed by atoms with Crippen molar-refractivity contribution < 1.29 is 4.79 Å². The van der Waals surface area contributed by atoms with Gasteiger partial charge in [-0.1, -0.05) is 44.2 Å². The fourth-order valence-corrected chi connectivity index (χ4v) is 3.64. The highest BCUT2D eigenvalue weighted by atomic mass is 16.1. The van der Waals surface area contributed by atoms with Gasteiger partial charge >= 0.3 is 0 Å². The second-order valence-electron chi connectivity index (χ2n) is 7.03. The van der Waals surface area contributed by atoms with Crippen LogP contribution in [-0.4, -0.2) is 37.0 Å². The smallest absolute Gasteiger partial charge is 0.251 e. The van der Waals surface area contributed by atoms with Crippen LogP contribution in [0.25, 0.3) is 0 Å². The Morgan fingerprint density at radius 3 is 2.63 bits per heavy atom. The molecular formula is C22H30N4O. The van der Waals surface area contributed by atoms with E-state index in [-0.39, 0.29) is 18.0 Å². The Bertz CT molecular complexity index is 758. The summed E-state index contributed by atoms with van der Waals surface area (Å²) >= 11 is 0. The number of anilines is 1. The van der Waals surface area contributed by atoms with Crippen molar-refractivity contribution in [1.82, 2.24) is 10.2 Å². The van der Waals surface area contributed by atoms with E-state index in [1.165, 1.54) is 5.56 Å². The molecular weight excluding hydrogens is 336 g/mol. The van der Waals surface area contributed by atoms with E-state index in [1.807, 2.05) is 36.4 Å². The number of nitrogens with one attached hydrogen (secondary N) is 2. The number of carbonyl (C=O) groups is 1. The number of nitrogens with zero attached hydrogens (tertiary/aromatic N) is 1. The molecule has 2 aromatic rings. The van der Waals surface area contributed by atoms with Gasteiger partial charge < -0.3 is 21.3 Å². The Balaban J connectivity index is 1.66. The average Bonchev–Trinajstić information content (AvgIpc) is 2.71. The zero-order valence-electron chi connectivity index (χ0n) is 16.2. The number of rotatable bonds is 7. The molecule has 1 aliphatic rings. The largest absolute Gasteiger partial charge is 0.378 e. The van der Waals surface area contributed by atoms with Crippen LogP contribution in [0.1, 0.15) is 53.8 Å². The molecule has 4 N–H and O–H groups in total. The maximum atomic E-state index is 12.5. The molecule has 1 heterocycles. The van der Waals surface area contributed by atoms with Crippen molar-refractivity contribution in [1.29, 1.82) is 0 Å². The van der Waals surface area contributed by atoms with Crippen LogP contribution in [0.5, 0.6) is 0 Å². The number of hydrogen-bond acceptors (Lipinski definition) is 4. The molecule has 5 heteroatoms. The zero-order chi connectivity index (χ0) is 19.2. The van der Waals surface area contributed by atoms with E-state index >= 15 is 0 Å². The summed E-state index contributed by atoms with van der Waals surface area (Å²) in [5.41, 5.74) is 10.4. The van der Waals surface area contributed by atoms with Crippen LogP contribution in [0.2, 0.25) is 0 Å². The Kier molecular flexibility index (Phi) is 6.48. The fraction of sp³-hybridized carbons (Fsp3) is 0.409. The number of nitrogens with two attached hydrogens (primary N) is 1. The van der Waals surface area contributed by atoms with Gasteiger partial charge in [-0.05, 0) is 48.8 Å². The average molecular weight is 367 g/mol. The van der Waals surface area contributed by atoms with Gasteiger partial charge in [0.05, 0.1) is 6.04 Å². The highest BCUT2D eigenvalue weighted by Crippen LogP contribution is 2.37. The molecule has 1 amide bonds. The van der Waals surface area contributed by atoms with Gasteiger partial charge in [-0.25, -0.2) is 0 Å². The van der Waals surface area contributed by atoms with E-state index in [1.54, 1.807) is 0 Å². The lowest BCUT2D eigenvalue weighted by Gasteiger charge is -2.32. The second kappa shape index (κ2) is 9.02. The molecule has 0 saturated heterocycles. The highest BCUT2D eigenvalue weighted by Gasteiger charge is 2.25. The van der Waals surface area contributed by atoms with E-state index in [0.29, 0.717) is 12.1 Å². The van der Waals surface area contributed by atoms with Crippen molar-refractivity contribution in [3.63, 3.8) is 0 Å². The Morgan fingerprint density at radius 1 is 1.19 bits per heavy atom. The van der Waals surface area contributed by atoms with Crippen molar-refractivity contribution >= 4 is 11.6 Å². The number of fused-ring (bicyclic) bond motifs is 1. The van der Waals surface area contributed by atoms with Gasteiger partial charge in [0.2, 0.25) is 0 Å². The molecule has 0 bridgehead atoms. The Morgan fingerprint density at radius 2 is 1.93 bits per heavy atom. The van der Waals surface area contributed by atoms with Gasteiger partial charge in [-0.3, -0.25) is 4.79 Å². The molecule has 2 aromatic carbocycles. The summed E-state index contributed by atoms with van der Waals surface area (Å²) in [6.45, 7) is 7.77. The minimum atomic E-state index is -0.0881. The molecule has 144 valence electrons. The van der Waals surface area contributed by atoms with Crippen LogP contribution >= 0.6 is 0 Å². The number of hydrogen-bond donors (Lipinski definition) is 3. The summed E-state index contributed by atoms with van der Waals surface area (Å²) in [7, 11) is 0. The summed E-state index contributed by atoms with van der Waals surface area (Å²) in [5, 5.41) is 6.58. The molecule has 0 aromatic heterocycles. The SMILES string of the molecule is CCN(CC)CCNC(=O)c1ccc2c(c1)C(N)CC(c1ccccc1)N2. The maximum Gasteiger partial charge on any atom is 0.251 e. The van der Waals surface area contributed by atoms with Gasteiger partial charge in [0.25, 0.3) is 5.91 Å². The lowest BCUT2D eigenvalue weighted by Crippen LogP contribution is -2.35. The van der Waals surface area contributed by atoms with Crippen LogP contribution in [-0.2, 0) is 0 Å². The van der Waals surface area contributed by atoms with E-state index < -0.39 is 0 Å². The van der Waals surface area contributed by atoms with Crippen molar-refractivity contribution in [3.05, 3.63) is 65.2 Å². The molecule has 0 saturated carbocycles. The first kappa shape index (κ1) is 19.4. The summed E-state index contributed by atoms with van der Waals surface area (Å²) in [6, 6.07) is 16.2. The van der Waals surface area contributed by atoms with Gasteiger partial charge in [0.15, 0.2) is 0 Å². The van der Waals surface area contributed by atoms with Gasteiger partial charge in [-0.15, -0.1) is 0 Å². The van der Waals surface area contributed by atoms with Crippen molar-refractivity contribution in [2.24, 2.45) is 5.73 Å². The molecule has 27 heavy (non-hydrogen) atoms. The van der Waals surface area contributed by atoms with Crippen LogP contribution in [0.15, 0.2) is 48.5 Å². The molecule has 0 fully saturated rings. The minimum absolute atomic E-state index is 0.0395. The van der Waals surface area contributed by atoms with Crippen LogP contribution in [0.3, 0.4) is 0 Å². The first-order valence-electron chi connectivity index (χ1n) is 9.84. The Hall–Kier alpha value is -2.37. The van der Waals surface area contributed by atoms with E-state index in [2.05, 4.69) is 41.5 Å². The number of benzene rings is 2. The van der Waals surface area contributed by atoms with E-state index in [0.717, 1.165) is 37.3 Å². The third kappa shape index (κ3) is 4.67. The van der Waals surface area contributed by atoms with Crippen LogP contribution < -0.4 is 16.4 Å². The number of likely N-dealkylation sites (N-methyl/N-ethyl adjacent to an activating group) is 1. The van der Waals surface area contributed by atoms with Gasteiger partial charge in [-0.2, -0.15) is 0 Å². The number of amides is 1. The van der Waals surface area contributed by atoms with E-state index in [4.69, 9.17) is 5.73 Å². The lowest BCUT2D eigenvalue weighted by molar-refractivity contribution is 0.0949. The first-order valence-corrected chi connectivity index (χ1v) is 9.84. The van der Waals surface area contributed by atoms with Crippen LogP contribution in [0.4, 0.5) is 5.69 Å². The third-order valence-corrected chi connectivity index (χ3v) is 5.34. The summed E-state index contributed by atoms with van der Waals surface area (Å²) in [5.74, 6) is -0.0395. The molecule has 2 unspecified atom stereocenters. The monoisotopic (exact) mass is 366 g/mol. The third-order valence-electron chi connectivity index (χ3n) is 5.34. The summed E-state index contributed by atoms with van der Waals surface area (Å²) < 4.78 is 0.